The third kappa shape index (κ3) is 4.78. The van der Waals surface area contributed by atoms with Gasteiger partial charge in [0.05, 0.1) is 4.91 Å². The zero-order valence-corrected chi connectivity index (χ0v) is 17.2. The van der Waals surface area contributed by atoms with E-state index in [-0.39, 0.29) is 20.5 Å². The number of hydrogen-bond donors (Lipinski definition) is 3. The highest BCUT2D eigenvalue weighted by atomic mass is 32.2. The topological polar surface area (TPSA) is 116 Å². The van der Waals surface area contributed by atoms with Crippen molar-refractivity contribution in [1.82, 2.24) is 10.4 Å². The molecule has 1 unspecified atom stereocenters. The van der Waals surface area contributed by atoms with Crippen LogP contribution in [0.4, 0.5) is 0 Å². The molecular weight excluding hydrogens is 428 g/mol. The van der Waals surface area contributed by atoms with Crippen molar-refractivity contribution in [3.63, 3.8) is 0 Å². The van der Waals surface area contributed by atoms with Crippen LogP contribution in [-0.2, 0) is 9.59 Å². The Morgan fingerprint density at radius 1 is 1.20 bits per heavy atom. The molecule has 30 heavy (non-hydrogen) atoms. The standard InChI is InChI=1S/C20H16N2O6S2/c1-11(19(26)27)28-15-5-3-2-4-13(15)10-16-18(25)22(20(29)30-16)21-17(24)12-6-8-14(23)9-7-12/h2-11,23H,1H3,(H,21,24)(H,26,27)/b16-10-. The van der Waals surface area contributed by atoms with E-state index in [1.807, 2.05) is 0 Å². The van der Waals surface area contributed by atoms with Crippen molar-refractivity contribution in [1.29, 1.82) is 0 Å². The number of rotatable bonds is 6. The van der Waals surface area contributed by atoms with Crippen LogP contribution in [0.1, 0.15) is 22.8 Å². The number of phenols is 1. The molecule has 8 nitrogen and oxygen atoms in total. The molecule has 10 heteroatoms. The molecule has 1 aliphatic heterocycles. The molecule has 3 N–H and O–H groups in total. The number of carboxylic acid groups (broad SMARTS) is 1. The Balaban J connectivity index is 1.79. The average molecular weight is 444 g/mol. The van der Waals surface area contributed by atoms with Crippen molar-refractivity contribution in [3.8, 4) is 11.5 Å². The van der Waals surface area contributed by atoms with Gasteiger partial charge < -0.3 is 14.9 Å². The number of carbonyl (C=O) groups is 3. The lowest BCUT2D eigenvalue weighted by molar-refractivity contribution is -0.144. The van der Waals surface area contributed by atoms with Gasteiger partial charge in [-0.15, -0.1) is 0 Å². The Morgan fingerprint density at radius 2 is 1.87 bits per heavy atom. The van der Waals surface area contributed by atoms with Gasteiger partial charge in [-0.3, -0.25) is 15.0 Å². The summed E-state index contributed by atoms with van der Waals surface area (Å²) in [6.07, 6.45) is 0.453. The Bertz CT molecular complexity index is 1050. The molecule has 0 radical (unpaired) electrons. The van der Waals surface area contributed by atoms with Crippen molar-refractivity contribution in [2.24, 2.45) is 0 Å². The van der Waals surface area contributed by atoms with E-state index in [1.165, 1.54) is 37.3 Å². The van der Waals surface area contributed by atoms with Gasteiger partial charge in [0.2, 0.25) is 0 Å². The fourth-order valence-corrected chi connectivity index (χ4v) is 3.60. The van der Waals surface area contributed by atoms with Crippen LogP contribution in [0.15, 0.2) is 53.4 Å². The van der Waals surface area contributed by atoms with Crippen LogP contribution < -0.4 is 10.2 Å². The predicted molar refractivity (Wildman–Crippen MR) is 115 cm³/mol. The second-order valence-electron chi connectivity index (χ2n) is 6.14. The fourth-order valence-electron chi connectivity index (χ4n) is 2.43. The summed E-state index contributed by atoms with van der Waals surface area (Å²) in [5, 5.41) is 19.3. The highest BCUT2D eigenvalue weighted by Gasteiger charge is 2.34. The third-order valence-corrected chi connectivity index (χ3v) is 5.30. The van der Waals surface area contributed by atoms with Crippen LogP contribution in [0.5, 0.6) is 11.5 Å². The van der Waals surface area contributed by atoms with Gasteiger partial charge >= 0.3 is 5.97 Å². The maximum Gasteiger partial charge on any atom is 0.344 e. The van der Waals surface area contributed by atoms with Crippen molar-refractivity contribution >= 4 is 52.2 Å². The van der Waals surface area contributed by atoms with E-state index in [4.69, 9.17) is 22.1 Å². The van der Waals surface area contributed by atoms with Crippen LogP contribution in [0.2, 0.25) is 0 Å². The minimum absolute atomic E-state index is 0.0122. The van der Waals surface area contributed by atoms with Crippen LogP contribution in [0.25, 0.3) is 6.08 Å². The number of nitrogens with one attached hydrogen (secondary N) is 1. The number of aliphatic carboxylic acids is 1. The van der Waals surface area contributed by atoms with Crippen molar-refractivity contribution in [3.05, 3.63) is 64.6 Å². The molecule has 1 fully saturated rings. The normalized spacial score (nSPS) is 15.9. The first-order valence-corrected chi connectivity index (χ1v) is 9.85. The van der Waals surface area contributed by atoms with Crippen molar-refractivity contribution < 1.29 is 29.3 Å². The summed E-state index contributed by atoms with van der Waals surface area (Å²) in [4.78, 5) is 36.4. The second-order valence-corrected chi connectivity index (χ2v) is 7.82. The minimum Gasteiger partial charge on any atom is -0.508 e. The van der Waals surface area contributed by atoms with Gasteiger partial charge in [0.25, 0.3) is 11.8 Å². The maximum absolute atomic E-state index is 12.7. The number of phenolic OH excluding ortho intramolecular Hbond substituents is 1. The monoisotopic (exact) mass is 444 g/mol. The van der Waals surface area contributed by atoms with Gasteiger partial charge in [-0.05, 0) is 55.5 Å². The third-order valence-electron chi connectivity index (χ3n) is 3.99. The average Bonchev–Trinajstić information content (AvgIpc) is 2.97. The molecule has 2 aromatic rings. The highest BCUT2D eigenvalue weighted by molar-refractivity contribution is 8.26. The molecular formula is C20H16N2O6S2. The number of nitrogens with zero attached hydrogens (tertiary/aromatic N) is 1. The second kappa shape index (κ2) is 8.97. The Morgan fingerprint density at radius 3 is 2.53 bits per heavy atom. The summed E-state index contributed by atoms with van der Waals surface area (Å²) < 4.78 is 5.57. The van der Waals surface area contributed by atoms with Crippen LogP contribution in [0.3, 0.4) is 0 Å². The van der Waals surface area contributed by atoms with E-state index in [9.17, 15) is 19.5 Å². The molecule has 2 amide bonds. The molecule has 1 aliphatic rings. The zero-order chi connectivity index (χ0) is 21.8. The molecule has 154 valence electrons. The lowest BCUT2D eigenvalue weighted by Crippen LogP contribution is -2.44. The van der Waals surface area contributed by atoms with E-state index >= 15 is 0 Å². The summed E-state index contributed by atoms with van der Waals surface area (Å²) in [6, 6.07) is 12.2. The summed E-state index contributed by atoms with van der Waals surface area (Å²) in [6.45, 7) is 1.40. The number of thioether (sulfide) groups is 1. The van der Waals surface area contributed by atoms with Gasteiger partial charge in [0.1, 0.15) is 11.5 Å². The largest absolute Gasteiger partial charge is 0.508 e. The van der Waals surface area contributed by atoms with Gasteiger partial charge in [-0.25, -0.2) is 4.79 Å². The molecule has 0 spiro atoms. The number of hydrogen-bond acceptors (Lipinski definition) is 7. The molecule has 0 aliphatic carbocycles. The van der Waals surface area contributed by atoms with Crippen LogP contribution in [-0.4, -0.2) is 43.4 Å². The summed E-state index contributed by atoms with van der Waals surface area (Å²) in [5.41, 5.74) is 3.18. The van der Waals surface area contributed by atoms with E-state index < -0.39 is 23.9 Å². The smallest absolute Gasteiger partial charge is 0.344 e. The number of aromatic hydroxyl groups is 1. The van der Waals surface area contributed by atoms with Crippen molar-refractivity contribution in [2.45, 2.75) is 13.0 Å². The van der Waals surface area contributed by atoms with Gasteiger partial charge in [0.15, 0.2) is 10.4 Å². The summed E-state index contributed by atoms with van der Waals surface area (Å²) >= 11 is 6.19. The molecule has 1 saturated heterocycles. The van der Waals surface area contributed by atoms with Crippen LogP contribution in [0, 0.1) is 0 Å². The number of carbonyl (C=O) groups excluding carboxylic acids is 2. The number of para-hydroxylation sites is 1. The molecule has 1 heterocycles. The lowest BCUT2D eigenvalue weighted by atomic mass is 10.2. The van der Waals surface area contributed by atoms with Gasteiger partial charge in [-0.2, -0.15) is 5.01 Å². The Kier molecular flexibility index (Phi) is 6.38. The number of benzene rings is 2. The van der Waals surface area contributed by atoms with E-state index in [2.05, 4.69) is 5.43 Å². The minimum atomic E-state index is -1.12. The Labute approximate surface area is 181 Å². The first kappa shape index (κ1) is 21.3. The molecule has 2 aromatic carbocycles. The van der Waals surface area contributed by atoms with Gasteiger partial charge in [-0.1, -0.05) is 30.0 Å². The first-order chi connectivity index (χ1) is 14.3. The van der Waals surface area contributed by atoms with E-state index in [0.29, 0.717) is 11.3 Å². The maximum atomic E-state index is 12.7. The highest BCUT2D eigenvalue weighted by Crippen LogP contribution is 2.33. The summed E-state index contributed by atoms with van der Waals surface area (Å²) in [5.74, 6) is -1.90. The molecule has 3 rings (SSSR count). The summed E-state index contributed by atoms with van der Waals surface area (Å²) in [7, 11) is 0. The Hall–Kier alpha value is -3.37. The van der Waals surface area contributed by atoms with Crippen LogP contribution >= 0.6 is 24.0 Å². The molecule has 1 atom stereocenters. The number of carboxylic acids is 1. The number of thiocarbonyl (C=S) groups is 1. The van der Waals surface area contributed by atoms with E-state index in [0.717, 1.165) is 16.8 Å². The predicted octanol–water partition coefficient (Wildman–Crippen LogP) is 2.79. The number of ether oxygens (including phenoxy) is 1. The first-order valence-electron chi connectivity index (χ1n) is 8.62. The van der Waals surface area contributed by atoms with E-state index in [1.54, 1.807) is 24.3 Å². The molecule has 0 saturated carbocycles. The molecule has 0 aromatic heterocycles. The zero-order valence-electron chi connectivity index (χ0n) is 15.6. The van der Waals surface area contributed by atoms with Gasteiger partial charge in [0, 0.05) is 11.1 Å². The quantitative estimate of drug-likeness (QED) is 0.460. The fraction of sp³-hybridized carbons (Fsp3) is 0.100. The molecule has 0 bridgehead atoms. The lowest BCUT2D eigenvalue weighted by Gasteiger charge is -2.15. The number of hydrazine groups is 1. The van der Waals surface area contributed by atoms with Crippen molar-refractivity contribution in [2.75, 3.05) is 0 Å². The SMILES string of the molecule is CC(Oc1ccccc1/C=C1\SC(=S)N(NC(=O)c2ccc(O)cc2)C1=O)C(=O)O. The number of amides is 2.